The highest BCUT2D eigenvalue weighted by molar-refractivity contribution is 7.09. The number of benzene rings is 1. The molecule has 0 aliphatic rings. The summed E-state index contributed by atoms with van der Waals surface area (Å²) in [6.07, 6.45) is 2.49. The minimum Gasteiger partial charge on any atom is -0.503 e. The fraction of sp³-hybridized carbons (Fsp3) is 0.357. The molecule has 2 rings (SSSR count). The molecule has 1 heterocycles. The van der Waals surface area contributed by atoms with E-state index in [1.54, 1.807) is 29.7 Å². The molecule has 0 saturated heterocycles. The maximum absolute atomic E-state index is 9.84. The van der Waals surface area contributed by atoms with Gasteiger partial charge in [0, 0.05) is 24.0 Å². The molecular weight excluding hydrogens is 296 g/mol. The fourth-order valence-electron chi connectivity index (χ4n) is 2.00. The van der Waals surface area contributed by atoms with E-state index in [2.05, 4.69) is 4.98 Å². The van der Waals surface area contributed by atoms with E-state index in [1.165, 1.54) is 0 Å². The number of nitrogens with two attached hydrogens (primary N) is 1. The lowest BCUT2D eigenvalue weighted by molar-refractivity contribution is 0.318. The number of thiazole rings is 1. The Morgan fingerprint density at radius 1 is 1.50 bits per heavy atom. The maximum Gasteiger partial charge on any atom is 0.176 e. The van der Waals surface area contributed by atoms with Crippen molar-refractivity contribution in [3.63, 3.8) is 0 Å². The number of phenolic OH excluding ortho intramolecular Hbond substituents is 1. The number of aromatic hydroxyl groups is 1. The smallest absolute Gasteiger partial charge is 0.176 e. The first-order chi connectivity index (χ1) is 9.65. The summed E-state index contributed by atoms with van der Waals surface area (Å²) in [5, 5.41) is 13.1. The van der Waals surface area contributed by atoms with Gasteiger partial charge in [0.25, 0.3) is 0 Å². The van der Waals surface area contributed by atoms with Gasteiger partial charge in [-0.15, -0.1) is 11.3 Å². The van der Waals surface area contributed by atoms with Crippen LogP contribution in [0.15, 0.2) is 23.7 Å². The lowest BCUT2D eigenvalue weighted by Gasteiger charge is -2.14. The van der Waals surface area contributed by atoms with Crippen LogP contribution in [0, 0.1) is 0 Å². The summed E-state index contributed by atoms with van der Waals surface area (Å²) >= 11 is 7.62. The van der Waals surface area contributed by atoms with Crippen LogP contribution in [0.25, 0.3) is 0 Å². The summed E-state index contributed by atoms with van der Waals surface area (Å²) in [7, 11) is 0. The average molecular weight is 313 g/mol. The van der Waals surface area contributed by atoms with Gasteiger partial charge in [-0.25, -0.2) is 4.98 Å². The van der Waals surface area contributed by atoms with E-state index in [9.17, 15) is 5.11 Å². The van der Waals surface area contributed by atoms with E-state index in [1.807, 2.05) is 12.3 Å². The van der Waals surface area contributed by atoms with Crippen LogP contribution in [-0.2, 0) is 6.42 Å². The predicted molar refractivity (Wildman–Crippen MR) is 81.9 cm³/mol. The van der Waals surface area contributed by atoms with Crippen molar-refractivity contribution in [2.75, 3.05) is 13.2 Å². The Morgan fingerprint density at radius 2 is 2.30 bits per heavy atom. The van der Waals surface area contributed by atoms with Gasteiger partial charge in [-0.1, -0.05) is 11.6 Å². The Morgan fingerprint density at radius 3 is 2.90 bits per heavy atom. The molecular formula is C14H17ClN2O2S. The highest BCUT2D eigenvalue weighted by Gasteiger charge is 2.16. The van der Waals surface area contributed by atoms with Gasteiger partial charge in [-0.3, -0.25) is 0 Å². The van der Waals surface area contributed by atoms with E-state index >= 15 is 0 Å². The van der Waals surface area contributed by atoms with Crippen LogP contribution in [0.2, 0.25) is 5.02 Å². The van der Waals surface area contributed by atoms with Gasteiger partial charge >= 0.3 is 0 Å². The fourth-order valence-corrected chi connectivity index (χ4v) is 2.99. The van der Waals surface area contributed by atoms with Crippen molar-refractivity contribution in [2.45, 2.75) is 19.3 Å². The zero-order chi connectivity index (χ0) is 14.5. The number of rotatable bonds is 6. The average Bonchev–Trinajstić information content (AvgIpc) is 2.95. The van der Waals surface area contributed by atoms with E-state index in [-0.39, 0.29) is 11.7 Å². The van der Waals surface area contributed by atoms with Crippen LogP contribution in [0.5, 0.6) is 11.5 Å². The second-order valence-corrected chi connectivity index (χ2v) is 5.70. The quantitative estimate of drug-likeness (QED) is 0.859. The van der Waals surface area contributed by atoms with Gasteiger partial charge in [0.15, 0.2) is 11.5 Å². The van der Waals surface area contributed by atoms with Gasteiger partial charge < -0.3 is 15.6 Å². The predicted octanol–water partition coefficient (Wildman–Crippen LogP) is 3.19. The number of halogens is 1. The van der Waals surface area contributed by atoms with Gasteiger partial charge in [0.2, 0.25) is 0 Å². The van der Waals surface area contributed by atoms with Crippen LogP contribution in [0.4, 0.5) is 0 Å². The van der Waals surface area contributed by atoms with Gasteiger partial charge in [-0.2, -0.15) is 0 Å². The van der Waals surface area contributed by atoms with Crippen LogP contribution in [0.3, 0.4) is 0 Å². The lowest BCUT2D eigenvalue weighted by atomic mass is 9.99. The summed E-state index contributed by atoms with van der Waals surface area (Å²) in [5.41, 5.74) is 6.80. The largest absolute Gasteiger partial charge is 0.503 e. The summed E-state index contributed by atoms with van der Waals surface area (Å²) in [5.74, 6) is 0.533. The van der Waals surface area contributed by atoms with Crippen LogP contribution in [-0.4, -0.2) is 23.2 Å². The third kappa shape index (κ3) is 3.42. The Bertz CT molecular complexity index is 561. The molecule has 6 heteroatoms. The molecule has 3 N–H and O–H groups in total. The molecule has 4 nitrogen and oxygen atoms in total. The minimum atomic E-state index is -0.0178. The van der Waals surface area contributed by atoms with Crippen molar-refractivity contribution < 1.29 is 9.84 Å². The molecule has 108 valence electrons. The van der Waals surface area contributed by atoms with E-state index < -0.39 is 0 Å². The van der Waals surface area contributed by atoms with E-state index in [0.717, 1.165) is 10.6 Å². The number of hydrogen-bond donors (Lipinski definition) is 2. The molecule has 0 radical (unpaired) electrons. The molecule has 0 aliphatic heterocycles. The van der Waals surface area contributed by atoms with Gasteiger partial charge in [-0.05, 0) is 31.0 Å². The summed E-state index contributed by atoms with van der Waals surface area (Å²) in [6, 6.07) is 3.55. The standard InChI is InChI=1S/C14H17ClN2O2S/c1-2-19-12-7-9(6-11(15)13(12)18)5-10(8-16)14-17-3-4-20-14/h3-4,6-7,10,18H,2,5,8,16H2,1H3. The molecule has 1 aromatic heterocycles. The van der Waals surface area contributed by atoms with Crippen LogP contribution in [0.1, 0.15) is 23.4 Å². The first-order valence-corrected chi connectivity index (χ1v) is 7.65. The molecule has 1 atom stereocenters. The number of hydrogen-bond acceptors (Lipinski definition) is 5. The molecule has 1 unspecified atom stereocenters. The Hall–Kier alpha value is -1.30. The Labute approximate surface area is 127 Å². The van der Waals surface area contributed by atoms with Crippen molar-refractivity contribution in [3.05, 3.63) is 39.3 Å². The van der Waals surface area contributed by atoms with E-state index in [0.29, 0.717) is 30.3 Å². The normalized spacial score (nSPS) is 12.3. The second kappa shape index (κ2) is 6.92. The summed E-state index contributed by atoms with van der Waals surface area (Å²) in [6.45, 7) is 2.84. The Kier molecular flexibility index (Phi) is 5.23. The highest BCUT2D eigenvalue weighted by Crippen LogP contribution is 2.36. The van der Waals surface area contributed by atoms with Crippen molar-refractivity contribution in [2.24, 2.45) is 5.73 Å². The number of ether oxygens (including phenoxy) is 1. The maximum atomic E-state index is 9.84. The molecule has 0 saturated carbocycles. The number of nitrogens with zero attached hydrogens (tertiary/aromatic N) is 1. The molecule has 1 aromatic carbocycles. The molecule has 20 heavy (non-hydrogen) atoms. The third-order valence-corrected chi connectivity index (χ3v) is 4.18. The first-order valence-electron chi connectivity index (χ1n) is 6.39. The van der Waals surface area contributed by atoms with Crippen LogP contribution < -0.4 is 10.5 Å². The molecule has 2 aromatic rings. The second-order valence-electron chi connectivity index (χ2n) is 4.36. The lowest BCUT2D eigenvalue weighted by Crippen LogP contribution is -2.15. The molecule has 0 fully saturated rings. The van der Waals surface area contributed by atoms with Crippen LogP contribution >= 0.6 is 22.9 Å². The number of phenols is 1. The van der Waals surface area contributed by atoms with Crippen molar-refractivity contribution in [1.29, 1.82) is 0 Å². The summed E-state index contributed by atoms with van der Waals surface area (Å²) < 4.78 is 5.39. The van der Waals surface area contributed by atoms with Gasteiger partial charge in [0.1, 0.15) is 0 Å². The summed E-state index contributed by atoms with van der Waals surface area (Å²) in [4.78, 5) is 4.31. The SMILES string of the molecule is CCOc1cc(CC(CN)c2nccs2)cc(Cl)c1O. The molecule has 0 amide bonds. The zero-order valence-electron chi connectivity index (χ0n) is 11.2. The minimum absolute atomic E-state index is 0.0178. The van der Waals surface area contributed by atoms with Gasteiger partial charge in [0.05, 0.1) is 16.6 Å². The topological polar surface area (TPSA) is 68.4 Å². The van der Waals surface area contributed by atoms with Crippen molar-refractivity contribution in [1.82, 2.24) is 4.98 Å². The number of aromatic nitrogens is 1. The monoisotopic (exact) mass is 312 g/mol. The third-order valence-electron chi connectivity index (χ3n) is 2.96. The van der Waals surface area contributed by atoms with E-state index in [4.69, 9.17) is 22.1 Å². The first kappa shape index (κ1) is 15.1. The molecule has 0 spiro atoms. The van der Waals surface area contributed by atoms with Crippen molar-refractivity contribution in [3.8, 4) is 11.5 Å². The highest BCUT2D eigenvalue weighted by atomic mass is 35.5. The molecule has 0 aliphatic carbocycles. The molecule has 0 bridgehead atoms. The van der Waals surface area contributed by atoms with Crippen molar-refractivity contribution >= 4 is 22.9 Å². The Balaban J connectivity index is 2.24. The zero-order valence-corrected chi connectivity index (χ0v) is 12.7.